The van der Waals surface area contributed by atoms with Gasteiger partial charge in [0.2, 0.25) is 0 Å². The number of rotatable bonds is 7. The second-order valence-corrected chi connectivity index (χ2v) is 15.1. The molecule has 0 amide bonds. The first-order valence-corrected chi connectivity index (χ1v) is 16.1. The summed E-state index contributed by atoms with van der Waals surface area (Å²) in [5.74, 6) is -2.27. The number of benzene rings is 3. The molecule has 0 radical (unpaired) electrons. The van der Waals surface area contributed by atoms with Gasteiger partial charge in [0.15, 0.2) is 16.1 Å². The topological polar surface area (TPSA) is 94.5 Å². The Hall–Kier alpha value is -2.74. The number of epoxide rings is 1. The molecule has 6 nitrogen and oxygen atoms in total. The first-order valence-electron chi connectivity index (χ1n) is 13.4. The number of ether oxygens (including phenoxy) is 1. The Bertz CT molecular complexity index is 1670. The molecule has 222 valence electrons. The highest BCUT2D eigenvalue weighted by Gasteiger charge is 2.64. The average Bonchev–Trinajstić information content (AvgIpc) is 3.58. The number of nitrogens with zero attached hydrogens (tertiary/aromatic N) is 1. The molecule has 2 N–H and O–H groups in total. The summed E-state index contributed by atoms with van der Waals surface area (Å²) in [5, 5.41) is 17.8. The molecule has 2 aliphatic heterocycles. The zero-order chi connectivity index (χ0) is 30.6. The molecule has 0 spiro atoms. The van der Waals surface area contributed by atoms with Gasteiger partial charge in [0, 0.05) is 40.5 Å². The van der Waals surface area contributed by atoms with Crippen LogP contribution >= 0.6 is 23.2 Å². The van der Waals surface area contributed by atoms with Crippen LogP contribution in [0, 0.1) is 28.4 Å². The van der Waals surface area contributed by atoms with Gasteiger partial charge in [0.05, 0.1) is 16.0 Å². The van der Waals surface area contributed by atoms with E-state index in [0.717, 1.165) is 12.3 Å². The number of nitrogens with one attached hydrogen (secondary N) is 2. The Morgan fingerprint density at radius 2 is 1.81 bits per heavy atom. The van der Waals surface area contributed by atoms with Gasteiger partial charge in [-0.05, 0) is 53.8 Å². The second-order valence-electron chi connectivity index (χ2n) is 12.2. The van der Waals surface area contributed by atoms with Crippen molar-refractivity contribution in [2.45, 2.75) is 67.8 Å². The van der Waals surface area contributed by atoms with Gasteiger partial charge in [-0.15, -0.1) is 0 Å². The lowest BCUT2D eigenvalue weighted by Gasteiger charge is -2.37. The summed E-state index contributed by atoms with van der Waals surface area (Å²) in [4.78, 5) is 0.148. The minimum Gasteiger partial charge on any atom is -0.358 e. The molecule has 2 saturated heterocycles. The van der Waals surface area contributed by atoms with E-state index in [1.807, 2.05) is 20.8 Å². The zero-order valence-electron chi connectivity index (χ0n) is 23.5. The van der Waals surface area contributed by atoms with Gasteiger partial charge in [-0.3, -0.25) is 0 Å². The summed E-state index contributed by atoms with van der Waals surface area (Å²) in [6.45, 7) is 6.05. The number of halogens is 4. The minimum absolute atomic E-state index is 0.106. The van der Waals surface area contributed by atoms with Crippen molar-refractivity contribution in [1.82, 2.24) is 5.32 Å². The molecule has 2 fully saturated rings. The SMILES string of the molecule is CC(C)(C)C[C@@H]1N[C@@H](C2OC2Nc2cccc(S(C)(=O)=O)c2)[C@H](c2cccc(Cl)c2F)[C@@]1(C#N)c1ccc(Cl)cc1F. The molecule has 42 heavy (non-hydrogen) atoms. The number of anilines is 1. The van der Waals surface area contributed by atoms with E-state index < -0.39 is 57.2 Å². The van der Waals surface area contributed by atoms with Crippen LogP contribution in [0.15, 0.2) is 65.6 Å². The molecule has 3 aromatic rings. The maximum Gasteiger partial charge on any atom is 0.175 e. The van der Waals surface area contributed by atoms with Gasteiger partial charge >= 0.3 is 0 Å². The summed E-state index contributed by atoms with van der Waals surface area (Å²) >= 11 is 12.3. The van der Waals surface area contributed by atoms with Crippen LogP contribution in [0.2, 0.25) is 10.0 Å². The lowest BCUT2D eigenvalue weighted by molar-refractivity contribution is 0.277. The first kappa shape index (κ1) is 30.7. The zero-order valence-corrected chi connectivity index (χ0v) is 25.8. The summed E-state index contributed by atoms with van der Waals surface area (Å²) in [6, 6.07) is 16.3. The van der Waals surface area contributed by atoms with E-state index in [4.69, 9.17) is 27.9 Å². The van der Waals surface area contributed by atoms with Crippen molar-refractivity contribution in [3.63, 3.8) is 0 Å². The Kier molecular flexibility index (Phi) is 8.10. The van der Waals surface area contributed by atoms with Crippen molar-refractivity contribution in [2.24, 2.45) is 5.41 Å². The number of nitriles is 1. The molecule has 11 heteroatoms. The largest absolute Gasteiger partial charge is 0.358 e. The fourth-order valence-electron chi connectivity index (χ4n) is 6.16. The van der Waals surface area contributed by atoms with Crippen molar-refractivity contribution >= 4 is 38.7 Å². The van der Waals surface area contributed by atoms with E-state index in [1.165, 1.54) is 30.3 Å². The third-order valence-corrected chi connectivity index (χ3v) is 9.58. The van der Waals surface area contributed by atoms with E-state index in [-0.39, 0.29) is 31.5 Å². The fourth-order valence-corrected chi connectivity index (χ4v) is 7.17. The van der Waals surface area contributed by atoms with Crippen molar-refractivity contribution in [3.05, 3.63) is 93.5 Å². The van der Waals surface area contributed by atoms with Crippen molar-refractivity contribution in [1.29, 1.82) is 5.26 Å². The van der Waals surface area contributed by atoms with E-state index >= 15 is 8.78 Å². The molecule has 0 saturated carbocycles. The lowest BCUT2D eigenvalue weighted by Crippen LogP contribution is -2.44. The Labute approximate surface area is 254 Å². The summed E-state index contributed by atoms with van der Waals surface area (Å²) < 4.78 is 61.8. The van der Waals surface area contributed by atoms with E-state index in [2.05, 4.69) is 16.7 Å². The predicted molar refractivity (Wildman–Crippen MR) is 159 cm³/mol. The monoisotopic (exact) mass is 633 g/mol. The Balaban J connectivity index is 1.62. The van der Waals surface area contributed by atoms with Crippen molar-refractivity contribution in [2.75, 3.05) is 11.6 Å². The number of hydrogen-bond donors (Lipinski definition) is 2. The highest BCUT2D eigenvalue weighted by Crippen LogP contribution is 2.55. The van der Waals surface area contributed by atoms with Crippen LogP contribution in [-0.4, -0.2) is 39.1 Å². The molecule has 0 bridgehead atoms. The summed E-state index contributed by atoms with van der Waals surface area (Å²) in [6.07, 6.45) is 0.436. The Morgan fingerprint density at radius 3 is 2.45 bits per heavy atom. The maximum atomic E-state index is 15.8. The van der Waals surface area contributed by atoms with Gasteiger partial charge in [-0.2, -0.15) is 5.26 Å². The highest BCUT2D eigenvalue weighted by atomic mass is 35.5. The third kappa shape index (κ3) is 5.76. The molecule has 5 rings (SSSR count). The number of hydrogen-bond acceptors (Lipinski definition) is 6. The molecule has 3 aromatic carbocycles. The second kappa shape index (κ2) is 11.1. The molecular weight excluding hydrogens is 603 g/mol. The third-order valence-electron chi connectivity index (χ3n) is 7.94. The average molecular weight is 635 g/mol. The molecule has 2 aliphatic rings. The normalized spacial score (nSPS) is 27.5. The van der Waals surface area contributed by atoms with Crippen LogP contribution in [-0.2, 0) is 20.0 Å². The van der Waals surface area contributed by atoms with Crippen molar-refractivity contribution < 1.29 is 21.9 Å². The van der Waals surface area contributed by atoms with E-state index in [0.29, 0.717) is 12.1 Å². The van der Waals surface area contributed by atoms with Gasteiger partial charge in [0.25, 0.3) is 0 Å². The van der Waals surface area contributed by atoms with Crippen LogP contribution in [0.3, 0.4) is 0 Å². The van der Waals surface area contributed by atoms with Crippen LogP contribution in [0.1, 0.15) is 44.2 Å². The van der Waals surface area contributed by atoms with Crippen LogP contribution in [0.5, 0.6) is 0 Å². The molecule has 0 aliphatic carbocycles. The van der Waals surface area contributed by atoms with Crippen molar-refractivity contribution in [3.8, 4) is 6.07 Å². The summed E-state index contributed by atoms with van der Waals surface area (Å²) in [5.41, 5.74) is -1.06. The van der Waals surface area contributed by atoms with Gasteiger partial charge in [-0.1, -0.05) is 68.2 Å². The van der Waals surface area contributed by atoms with Gasteiger partial charge in [-0.25, -0.2) is 17.2 Å². The first-order chi connectivity index (χ1) is 19.7. The molecule has 0 aromatic heterocycles. The molecule has 2 heterocycles. The van der Waals surface area contributed by atoms with Gasteiger partial charge < -0.3 is 15.4 Å². The molecular formula is C31H31Cl2F2N3O3S. The van der Waals surface area contributed by atoms with E-state index in [9.17, 15) is 13.7 Å². The van der Waals surface area contributed by atoms with E-state index in [1.54, 1.807) is 24.3 Å². The summed E-state index contributed by atoms with van der Waals surface area (Å²) in [7, 11) is -3.43. The lowest BCUT2D eigenvalue weighted by atomic mass is 9.62. The predicted octanol–water partition coefficient (Wildman–Crippen LogP) is 6.83. The highest BCUT2D eigenvalue weighted by molar-refractivity contribution is 7.90. The van der Waals surface area contributed by atoms with Gasteiger partial charge in [0.1, 0.15) is 23.2 Å². The fraction of sp³-hybridized carbons (Fsp3) is 0.387. The standard InChI is InChI=1S/C31H31Cl2F2N3O3S/c1-30(2,3)15-24-31(16-36,21-12-11-17(32)13-23(21)34)25(20-9-6-10-22(33)26(20)35)27(38-24)28-29(41-28)37-18-7-5-8-19(14-18)42(4,39)40/h5-14,24-25,27-29,37-38H,15H2,1-4H3/t24-,25-,27+,28?,29?,31-/m0/s1. The smallest absolute Gasteiger partial charge is 0.175 e. The molecule has 6 atom stereocenters. The maximum absolute atomic E-state index is 15.8. The van der Waals surface area contributed by atoms with Crippen LogP contribution in [0.4, 0.5) is 14.5 Å². The minimum atomic E-state index is -3.43. The Morgan fingerprint density at radius 1 is 1.10 bits per heavy atom. The molecule has 2 unspecified atom stereocenters. The van der Waals surface area contributed by atoms with Crippen LogP contribution < -0.4 is 10.6 Å². The number of sulfone groups is 1. The quantitative estimate of drug-likeness (QED) is 0.277. The van der Waals surface area contributed by atoms with Crippen LogP contribution in [0.25, 0.3) is 0 Å².